The number of sulfone groups is 1. The van der Waals surface area contributed by atoms with Crippen LogP contribution in [0.2, 0.25) is 5.02 Å². The summed E-state index contributed by atoms with van der Waals surface area (Å²) in [6.07, 6.45) is 0.467. The zero-order chi connectivity index (χ0) is 18.4. The number of fused-ring (bicyclic) bond motifs is 1. The maximum Gasteiger partial charge on any atom is 0.212 e. The lowest BCUT2D eigenvalue weighted by atomic mass is 10.2. The molecule has 3 aromatic rings. The summed E-state index contributed by atoms with van der Waals surface area (Å²) in [7, 11) is -3.80. The molecule has 0 bridgehead atoms. The van der Waals surface area contributed by atoms with E-state index in [1.807, 2.05) is 20.8 Å². The Balaban J connectivity index is 2.39. The highest BCUT2D eigenvalue weighted by molar-refractivity contribution is 7.91. The van der Waals surface area contributed by atoms with Crippen molar-refractivity contribution in [1.82, 2.24) is 14.6 Å². The lowest BCUT2D eigenvalue weighted by molar-refractivity contribution is 0.595. The van der Waals surface area contributed by atoms with Crippen molar-refractivity contribution in [3.63, 3.8) is 0 Å². The van der Waals surface area contributed by atoms with Gasteiger partial charge in [0.2, 0.25) is 9.84 Å². The second-order valence-corrected chi connectivity index (χ2v) is 8.11. The van der Waals surface area contributed by atoms with Crippen molar-refractivity contribution in [1.29, 1.82) is 0 Å². The second kappa shape index (κ2) is 6.40. The fourth-order valence-corrected chi connectivity index (χ4v) is 4.84. The van der Waals surface area contributed by atoms with Crippen molar-refractivity contribution in [3.05, 3.63) is 51.9 Å². The number of nitrogens with zero attached hydrogens (tertiary/aromatic N) is 3. The van der Waals surface area contributed by atoms with E-state index in [0.29, 0.717) is 35.0 Å². The minimum atomic E-state index is -3.80. The number of hydrogen-bond acceptors (Lipinski definition) is 5. The van der Waals surface area contributed by atoms with Crippen molar-refractivity contribution < 1.29 is 8.42 Å². The Morgan fingerprint density at radius 3 is 2.60 bits per heavy atom. The van der Waals surface area contributed by atoms with E-state index in [1.165, 1.54) is 12.1 Å². The van der Waals surface area contributed by atoms with E-state index in [2.05, 4.69) is 10.1 Å². The summed E-state index contributed by atoms with van der Waals surface area (Å²) < 4.78 is 28.1. The van der Waals surface area contributed by atoms with Gasteiger partial charge in [0.1, 0.15) is 4.90 Å². The van der Waals surface area contributed by atoms with E-state index in [0.717, 1.165) is 11.3 Å². The maximum atomic E-state index is 13.2. The van der Waals surface area contributed by atoms with Crippen LogP contribution in [0.3, 0.4) is 0 Å². The molecular weight excluding hydrogens is 360 g/mol. The summed E-state index contributed by atoms with van der Waals surface area (Å²) >= 11 is 5.98. The topological polar surface area (TPSA) is 90.3 Å². The number of hydrogen-bond donors (Lipinski definition) is 1. The normalized spacial score (nSPS) is 12.0. The first-order chi connectivity index (χ1) is 11.8. The predicted octanol–water partition coefficient (Wildman–Crippen LogP) is 2.85. The van der Waals surface area contributed by atoms with E-state index in [-0.39, 0.29) is 9.79 Å². The Morgan fingerprint density at radius 1 is 1.28 bits per heavy atom. The Kier molecular flexibility index (Phi) is 4.57. The van der Waals surface area contributed by atoms with Crippen molar-refractivity contribution in [3.8, 4) is 0 Å². The SMILES string of the molecule is CCc1nn2c(C)c(CN)c(C)nc2c1S(=O)(=O)c1cccc(Cl)c1. The van der Waals surface area contributed by atoms with Crippen LogP contribution in [0, 0.1) is 13.8 Å². The molecule has 0 aliphatic carbocycles. The van der Waals surface area contributed by atoms with Gasteiger partial charge >= 0.3 is 0 Å². The first kappa shape index (κ1) is 17.8. The Labute approximate surface area is 151 Å². The number of halogens is 1. The summed E-state index contributed by atoms with van der Waals surface area (Å²) in [5, 5.41) is 4.84. The van der Waals surface area contributed by atoms with Gasteiger partial charge in [0.05, 0.1) is 10.6 Å². The van der Waals surface area contributed by atoms with Gasteiger partial charge in [-0.2, -0.15) is 5.10 Å². The molecule has 3 rings (SSSR count). The summed E-state index contributed by atoms with van der Waals surface area (Å²) in [5.41, 5.74) is 8.97. The molecule has 0 fully saturated rings. The third-order valence-electron chi connectivity index (χ3n) is 4.27. The highest BCUT2D eigenvalue weighted by atomic mass is 35.5. The molecule has 25 heavy (non-hydrogen) atoms. The Bertz CT molecular complexity index is 1070. The van der Waals surface area contributed by atoms with Crippen LogP contribution < -0.4 is 5.73 Å². The van der Waals surface area contributed by atoms with Gasteiger partial charge in [-0.3, -0.25) is 0 Å². The molecule has 0 spiro atoms. The lowest BCUT2D eigenvalue weighted by Crippen LogP contribution is -2.10. The van der Waals surface area contributed by atoms with Crippen molar-refractivity contribution in [2.24, 2.45) is 5.73 Å². The molecule has 6 nitrogen and oxygen atoms in total. The molecule has 0 saturated carbocycles. The third kappa shape index (κ3) is 2.82. The number of aromatic nitrogens is 3. The van der Waals surface area contributed by atoms with Gasteiger partial charge in [0.25, 0.3) is 0 Å². The highest BCUT2D eigenvalue weighted by Crippen LogP contribution is 2.30. The van der Waals surface area contributed by atoms with E-state index in [1.54, 1.807) is 16.6 Å². The zero-order valence-corrected chi connectivity index (χ0v) is 15.8. The number of rotatable bonds is 4. The standard InChI is InChI=1S/C17H19ClN4O2S/c1-4-15-16(25(23,24)13-7-5-6-12(18)8-13)17-20-10(2)14(9-19)11(3)22(17)21-15/h5-8H,4,9,19H2,1-3H3. The lowest BCUT2D eigenvalue weighted by Gasteiger charge is -2.10. The summed E-state index contributed by atoms with van der Waals surface area (Å²) in [6.45, 7) is 5.87. The van der Waals surface area contributed by atoms with Crippen LogP contribution in [0.15, 0.2) is 34.1 Å². The fourth-order valence-electron chi connectivity index (χ4n) is 2.94. The van der Waals surface area contributed by atoms with E-state index >= 15 is 0 Å². The molecule has 8 heteroatoms. The molecular formula is C17H19ClN4O2S. The molecule has 1 aromatic carbocycles. The molecule has 2 N–H and O–H groups in total. The van der Waals surface area contributed by atoms with E-state index in [4.69, 9.17) is 17.3 Å². The smallest absolute Gasteiger partial charge is 0.212 e. The van der Waals surface area contributed by atoms with Crippen LogP contribution in [0.25, 0.3) is 5.65 Å². The molecule has 0 aliphatic rings. The van der Waals surface area contributed by atoms with Gasteiger partial charge < -0.3 is 5.73 Å². The van der Waals surface area contributed by atoms with Gasteiger partial charge in [-0.15, -0.1) is 0 Å². The molecule has 0 saturated heterocycles. The molecule has 2 aromatic heterocycles. The summed E-state index contributed by atoms with van der Waals surface area (Å²) in [4.78, 5) is 4.76. The molecule has 132 valence electrons. The predicted molar refractivity (Wildman–Crippen MR) is 96.6 cm³/mol. The number of nitrogens with two attached hydrogens (primary N) is 1. The Hall–Kier alpha value is -1.96. The number of benzene rings is 1. The zero-order valence-electron chi connectivity index (χ0n) is 14.2. The van der Waals surface area contributed by atoms with Gasteiger partial charge in [-0.05, 0) is 38.5 Å². The van der Waals surface area contributed by atoms with Crippen LogP contribution in [-0.4, -0.2) is 23.0 Å². The minimum absolute atomic E-state index is 0.129. The fraction of sp³-hybridized carbons (Fsp3) is 0.294. The monoisotopic (exact) mass is 378 g/mol. The minimum Gasteiger partial charge on any atom is -0.326 e. The summed E-state index contributed by atoms with van der Waals surface area (Å²) in [6, 6.07) is 6.21. The van der Waals surface area contributed by atoms with Crippen LogP contribution in [0.1, 0.15) is 29.6 Å². The van der Waals surface area contributed by atoms with Crippen molar-refractivity contribution >= 4 is 27.1 Å². The van der Waals surface area contributed by atoms with Crippen molar-refractivity contribution in [2.75, 3.05) is 0 Å². The number of aryl methyl sites for hydroxylation is 3. The average Bonchev–Trinajstić information content (AvgIpc) is 2.94. The highest BCUT2D eigenvalue weighted by Gasteiger charge is 2.29. The third-order valence-corrected chi connectivity index (χ3v) is 6.33. The first-order valence-electron chi connectivity index (χ1n) is 7.89. The average molecular weight is 379 g/mol. The first-order valence-corrected chi connectivity index (χ1v) is 9.75. The van der Waals surface area contributed by atoms with Gasteiger partial charge in [0.15, 0.2) is 5.65 Å². The van der Waals surface area contributed by atoms with Crippen LogP contribution in [-0.2, 0) is 22.8 Å². The van der Waals surface area contributed by atoms with Gasteiger partial charge in [0, 0.05) is 28.5 Å². The molecule has 0 atom stereocenters. The van der Waals surface area contributed by atoms with Gasteiger partial charge in [-0.25, -0.2) is 17.9 Å². The van der Waals surface area contributed by atoms with E-state index < -0.39 is 9.84 Å². The molecule has 0 amide bonds. The van der Waals surface area contributed by atoms with Crippen molar-refractivity contribution in [2.45, 2.75) is 43.5 Å². The van der Waals surface area contributed by atoms with Crippen LogP contribution in [0.5, 0.6) is 0 Å². The molecule has 0 radical (unpaired) electrons. The van der Waals surface area contributed by atoms with Crippen LogP contribution in [0.4, 0.5) is 0 Å². The van der Waals surface area contributed by atoms with E-state index in [9.17, 15) is 8.42 Å². The quantitative estimate of drug-likeness (QED) is 0.753. The van der Waals surface area contributed by atoms with Crippen LogP contribution >= 0.6 is 11.6 Å². The largest absolute Gasteiger partial charge is 0.326 e. The molecule has 0 unspecified atom stereocenters. The molecule has 0 aliphatic heterocycles. The summed E-state index contributed by atoms with van der Waals surface area (Å²) in [5.74, 6) is 0. The van der Waals surface area contributed by atoms with Gasteiger partial charge in [-0.1, -0.05) is 24.6 Å². The maximum absolute atomic E-state index is 13.2. The Morgan fingerprint density at radius 2 is 2.00 bits per heavy atom. The molecule has 2 heterocycles. The second-order valence-electron chi connectivity index (χ2n) is 5.79.